The van der Waals surface area contributed by atoms with E-state index in [4.69, 9.17) is 0 Å². The van der Waals surface area contributed by atoms with Crippen molar-refractivity contribution >= 4 is 45.3 Å². The molecule has 0 aliphatic heterocycles. The highest BCUT2D eigenvalue weighted by Gasteiger charge is 2.23. The fourth-order valence-corrected chi connectivity index (χ4v) is 5.36. The Labute approximate surface area is 248 Å². The third-order valence-electron chi connectivity index (χ3n) is 6.76. The Balaban J connectivity index is 1.70. The van der Waals surface area contributed by atoms with Gasteiger partial charge in [-0.1, -0.05) is 76.6 Å². The highest BCUT2D eigenvalue weighted by Crippen LogP contribution is 2.30. The molecule has 0 aliphatic carbocycles. The topological polar surface area (TPSA) is 69.6 Å². The van der Waals surface area contributed by atoms with E-state index in [2.05, 4.69) is 56.5 Å². The average molecular weight is 618 g/mol. The predicted molar refractivity (Wildman–Crippen MR) is 169 cm³/mol. The summed E-state index contributed by atoms with van der Waals surface area (Å²) in [6, 6.07) is 31.5. The molecule has 1 amide bonds. The van der Waals surface area contributed by atoms with Crippen LogP contribution in [-0.4, -0.2) is 35.0 Å². The number of carbonyl (C=O) groups excluding carboxylic acids is 1. The van der Waals surface area contributed by atoms with Crippen LogP contribution in [0.5, 0.6) is 0 Å². The van der Waals surface area contributed by atoms with Crippen LogP contribution in [0.25, 0.3) is 11.1 Å². The molecule has 0 saturated heterocycles. The Bertz CT molecular complexity index is 1440. The number of carboxylic acid groups (broad SMARTS) is 1. The number of hydrogen-bond donors (Lipinski definition) is 2. The number of amides is 1. The summed E-state index contributed by atoms with van der Waals surface area (Å²) in [4.78, 5) is 27.6. The molecule has 0 saturated carbocycles. The van der Waals surface area contributed by atoms with Crippen molar-refractivity contribution < 1.29 is 14.7 Å². The van der Waals surface area contributed by atoms with Crippen LogP contribution in [0.3, 0.4) is 0 Å². The molecule has 5 nitrogen and oxygen atoms in total. The van der Waals surface area contributed by atoms with Crippen molar-refractivity contribution in [1.29, 1.82) is 0 Å². The molecule has 0 heterocycles. The van der Waals surface area contributed by atoms with Gasteiger partial charge in [-0.3, -0.25) is 4.79 Å². The number of para-hydroxylation sites is 1. The first-order chi connectivity index (χ1) is 19.4. The van der Waals surface area contributed by atoms with Crippen molar-refractivity contribution in [3.05, 3.63) is 124 Å². The third-order valence-corrected chi connectivity index (χ3v) is 7.93. The second-order valence-electron chi connectivity index (χ2n) is 9.66. The molecule has 4 aromatic carbocycles. The molecule has 4 aromatic rings. The van der Waals surface area contributed by atoms with Gasteiger partial charge in [-0.15, -0.1) is 0 Å². The second-order valence-corrected chi connectivity index (χ2v) is 11.6. The average Bonchev–Trinajstić information content (AvgIpc) is 2.96. The van der Waals surface area contributed by atoms with Gasteiger partial charge in [-0.25, -0.2) is 4.79 Å². The standard InChI is InChI=1S/C33H33BrN2O3S/c1-23-8-6-7-11-28(23)30-20-25(14-17-29(30)32(37)35-31(33(38)39)18-19-40-2)22-36(27-9-4-3-5-10-27)21-24-12-15-26(34)16-13-24/h3-17,20,31H,18-19,21-22H2,1-2H3,(H,35,37)(H,38,39)/t31-/m0/s1. The number of halogens is 1. The summed E-state index contributed by atoms with van der Waals surface area (Å²) in [5, 5.41) is 12.4. The lowest BCUT2D eigenvalue weighted by atomic mass is 9.93. The molecule has 40 heavy (non-hydrogen) atoms. The molecule has 0 radical (unpaired) electrons. The van der Waals surface area contributed by atoms with Gasteiger partial charge in [0.25, 0.3) is 5.91 Å². The maximum absolute atomic E-state index is 13.5. The molecule has 0 bridgehead atoms. The van der Waals surface area contributed by atoms with Gasteiger partial charge in [0.1, 0.15) is 6.04 Å². The van der Waals surface area contributed by atoms with E-state index in [9.17, 15) is 14.7 Å². The molecule has 206 valence electrons. The van der Waals surface area contributed by atoms with Crippen LogP contribution in [0.4, 0.5) is 5.69 Å². The van der Waals surface area contributed by atoms with E-state index in [1.165, 1.54) is 5.56 Å². The maximum atomic E-state index is 13.5. The predicted octanol–water partition coefficient (Wildman–Crippen LogP) is 7.57. The SMILES string of the molecule is CSCC[C@H](NC(=O)c1ccc(CN(Cc2ccc(Br)cc2)c2ccccc2)cc1-c1ccccc1C)C(=O)O. The Morgan fingerprint density at radius 3 is 2.20 bits per heavy atom. The molecule has 0 aromatic heterocycles. The van der Waals surface area contributed by atoms with Gasteiger partial charge in [-0.05, 0) is 89.6 Å². The zero-order chi connectivity index (χ0) is 28.5. The van der Waals surface area contributed by atoms with Gasteiger partial charge in [0.2, 0.25) is 0 Å². The Hall–Kier alpha value is -3.55. The minimum Gasteiger partial charge on any atom is -0.480 e. The molecule has 7 heteroatoms. The van der Waals surface area contributed by atoms with Crippen molar-refractivity contribution in [3.63, 3.8) is 0 Å². The molecular formula is C33H33BrN2O3S. The van der Waals surface area contributed by atoms with Crippen LogP contribution in [-0.2, 0) is 17.9 Å². The van der Waals surface area contributed by atoms with Gasteiger partial charge < -0.3 is 15.3 Å². The van der Waals surface area contributed by atoms with Crippen LogP contribution in [0, 0.1) is 6.92 Å². The van der Waals surface area contributed by atoms with E-state index < -0.39 is 12.0 Å². The lowest BCUT2D eigenvalue weighted by Crippen LogP contribution is -2.41. The summed E-state index contributed by atoms with van der Waals surface area (Å²) in [7, 11) is 0. The van der Waals surface area contributed by atoms with Gasteiger partial charge >= 0.3 is 5.97 Å². The minimum absolute atomic E-state index is 0.363. The molecule has 1 atom stereocenters. The van der Waals surface area contributed by atoms with Crippen molar-refractivity contribution in [2.45, 2.75) is 32.5 Å². The minimum atomic E-state index is -1.03. The van der Waals surface area contributed by atoms with E-state index in [1.807, 2.05) is 79.9 Å². The molecule has 0 spiro atoms. The Kier molecular flexibility index (Phi) is 10.4. The van der Waals surface area contributed by atoms with Gasteiger partial charge in [0.15, 0.2) is 0 Å². The van der Waals surface area contributed by atoms with Crippen molar-refractivity contribution in [1.82, 2.24) is 5.32 Å². The number of hydrogen-bond acceptors (Lipinski definition) is 4. The zero-order valence-electron chi connectivity index (χ0n) is 22.6. The van der Waals surface area contributed by atoms with E-state index in [1.54, 1.807) is 11.8 Å². The zero-order valence-corrected chi connectivity index (χ0v) is 25.0. The summed E-state index contributed by atoms with van der Waals surface area (Å²) in [5.74, 6) is -0.759. The number of benzene rings is 4. The number of carbonyl (C=O) groups is 2. The molecule has 4 rings (SSSR count). The van der Waals surface area contributed by atoms with Gasteiger partial charge in [0.05, 0.1) is 0 Å². The number of aliphatic carboxylic acids is 1. The normalized spacial score (nSPS) is 11.6. The number of aryl methyl sites for hydroxylation is 1. The van der Waals surface area contributed by atoms with E-state index in [-0.39, 0.29) is 5.91 Å². The maximum Gasteiger partial charge on any atom is 0.326 e. The number of anilines is 1. The number of carboxylic acids is 1. The Morgan fingerprint density at radius 2 is 1.52 bits per heavy atom. The lowest BCUT2D eigenvalue weighted by molar-refractivity contribution is -0.139. The van der Waals surface area contributed by atoms with E-state index >= 15 is 0 Å². The third kappa shape index (κ3) is 7.77. The van der Waals surface area contributed by atoms with Crippen molar-refractivity contribution in [2.24, 2.45) is 0 Å². The number of thioether (sulfide) groups is 1. The van der Waals surface area contributed by atoms with Crippen LogP contribution in [0.2, 0.25) is 0 Å². The number of rotatable bonds is 12. The molecular weight excluding hydrogens is 584 g/mol. The molecule has 0 fully saturated rings. The van der Waals surface area contributed by atoms with Crippen LogP contribution >= 0.6 is 27.7 Å². The second kappa shape index (κ2) is 14.2. The van der Waals surface area contributed by atoms with Gasteiger partial charge in [0, 0.05) is 28.8 Å². The summed E-state index contributed by atoms with van der Waals surface area (Å²) < 4.78 is 1.04. The van der Waals surface area contributed by atoms with Crippen molar-refractivity contribution in [3.8, 4) is 11.1 Å². The first kappa shape index (κ1) is 29.4. The highest BCUT2D eigenvalue weighted by atomic mass is 79.9. The van der Waals surface area contributed by atoms with Crippen LogP contribution in [0.1, 0.15) is 33.5 Å². The van der Waals surface area contributed by atoms with E-state index in [0.29, 0.717) is 24.3 Å². The van der Waals surface area contributed by atoms with Crippen LogP contribution < -0.4 is 10.2 Å². The molecule has 0 unspecified atom stereocenters. The monoisotopic (exact) mass is 616 g/mol. The Morgan fingerprint density at radius 1 is 0.875 bits per heavy atom. The largest absolute Gasteiger partial charge is 0.480 e. The first-order valence-electron chi connectivity index (χ1n) is 13.1. The number of nitrogens with zero attached hydrogens (tertiary/aromatic N) is 1. The molecule has 2 N–H and O–H groups in total. The molecule has 0 aliphatic rings. The van der Waals surface area contributed by atoms with Crippen LogP contribution in [0.15, 0.2) is 102 Å². The fraction of sp³-hybridized carbons (Fsp3) is 0.212. The highest BCUT2D eigenvalue weighted by molar-refractivity contribution is 9.10. The fourth-order valence-electron chi connectivity index (χ4n) is 4.62. The van der Waals surface area contributed by atoms with E-state index in [0.717, 1.165) is 39.0 Å². The smallest absolute Gasteiger partial charge is 0.326 e. The summed E-state index contributed by atoms with van der Waals surface area (Å²) >= 11 is 5.08. The quantitative estimate of drug-likeness (QED) is 0.172. The van der Waals surface area contributed by atoms with Crippen molar-refractivity contribution in [2.75, 3.05) is 16.9 Å². The summed E-state index contributed by atoms with van der Waals surface area (Å²) in [6.07, 6.45) is 2.29. The number of nitrogens with one attached hydrogen (secondary N) is 1. The first-order valence-corrected chi connectivity index (χ1v) is 15.3. The summed E-state index contributed by atoms with van der Waals surface area (Å²) in [6.45, 7) is 3.37. The lowest BCUT2D eigenvalue weighted by Gasteiger charge is -2.26. The van der Waals surface area contributed by atoms with Gasteiger partial charge in [-0.2, -0.15) is 11.8 Å². The summed E-state index contributed by atoms with van der Waals surface area (Å²) in [5.41, 5.74) is 6.58.